The highest BCUT2D eigenvalue weighted by atomic mass is 16.1. The average Bonchev–Trinajstić information content (AvgIpc) is 3.00. The predicted molar refractivity (Wildman–Crippen MR) is 89.6 cm³/mol. The minimum absolute atomic E-state index is 0.188. The van der Waals surface area contributed by atoms with Gasteiger partial charge in [0.25, 0.3) is 0 Å². The highest BCUT2D eigenvalue weighted by Gasteiger charge is 2.27. The molecule has 1 atom stereocenters. The third-order valence-corrected chi connectivity index (χ3v) is 4.86. The van der Waals surface area contributed by atoms with E-state index in [9.17, 15) is 4.79 Å². The van der Waals surface area contributed by atoms with Crippen molar-refractivity contribution in [3.8, 4) is 0 Å². The van der Waals surface area contributed by atoms with Gasteiger partial charge in [-0.3, -0.25) is 4.79 Å². The summed E-state index contributed by atoms with van der Waals surface area (Å²) in [6.07, 6.45) is 9.31. The van der Waals surface area contributed by atoms with Gasteiger partial charge in [-0.1, -0.05) is 26.7 Å². The summed E-state index contributed by atoms with van der Waals surface area (Å²) in [7, 11) is 0. The van der Waals surface area contributed by atoms with Gasteiger partial charge in [-0.05, 0) is 61.3 Å². The molecule has 23 heavy (non-hydrogen) atoms. The lowest BCUT2D eigenvalue weighted by molar-refractivity contribution is -0.126. The Labute approximate surface area is 139 Å². The molecule has 0 saturated heterocycles. The van der Waals surface area contributed by atoms with E-state index in [2.05, 4.69) is 41.6 Å². The average molecular weight is 321 g/mol. The number of carbonyl (C=O) groups is 1. The minimum Gasteiger partial charge on any atom is -0.353 e. The van der Waals surface area contributed by atoms with Crippen molar-refractivity contribution in [2.45, 2.75) is 78.3 Å². The van der Waals surface area contributed by atoms with Gasteiger partial charge in [-0.25, -0.2) is 4.68 Å². The molecule has 0 aliphatic heterocycles. The number of aromatic nitrogens is 4. The molecule has 0 aromatic carbocycles. The number of nitrogens with one attached hydrogen (secondary N) is 1. The van der Waals surface area contributed by atoms with E-state index in [1.54, 1.807) is 11.0 Å². The minimum atomic E-state index is 0.188. The molecule has 1 unspecified atom stereocenters. The standard InChI is InChI=1S/C17H31N5O/c1-13(2)5-4-6-14(3)19-17(23)16-9-7-15(8-10-16)11-22-12-18-20-21-22/h12-16H,4-11H2,1-3H3,(H,19,23). The zero-order valence-electron chi connectivity index (χ0n) is 14.7. The molecule has 130 valence electrons. The molecule has 1 amide bonds. The summed E-state index contributed by atoms with van der Waals surface area (Å²) in [4.78, 5) is 12.4. The normalized spacial score (nSPS) is 23.0. The van der Waals surface area contributed by atoms with Crippen molar-refractivity contribution in [3.05, 3.63) is 6.33 Å². The fourth-order valence-corrected chi connectivity index (χ4v) is 3.40. The number of carbonyl (C=O) groups excluding carboxylic acids is 1. The highest BCUT2D eigenvalue weighted by molar-refractivity contribution is 5.78. The summed E-state index contributed by atoms with van der Waals surface area (Å²) < 4.78 is 1.79. The molecule has 1 aliphatic rings. The first-order chi connectivity index (χ1) is 11.0. The third-order valence-electron chi connectivity index (χ3n) is 4.86. The van der Waals surface area contributed by atoms with Crippen LogP contribution in [0.3, 0.4) is 0 Å². The van der Waals surface area contributed by atoms with E-state index >= 15 is 0 Å². The molecule has 1 N–H and O–H groups in total. The second-order valence-corrected chi connectivity index (χ2v) is 7.48. The lowest BCUT2D eigenvalue weighted by Gasteiger charge is -2.28. The Kier molecular flexibility index (Phi) is 6.99. The summed E-state index contributed by atoms with van der Waals surface area (Å²) in [5, 5.41) is 14.5. The van der Waals surface area contributed by atoms with Crippen molar-refractivity contribution in [3.63, 3.8) is 0 Å². The Bertz CT molecular complexity index is 452. The molecule has 1 saturated carbocycles. The summed E-state index contributed by atoms with van der Waals surface area (Å²) in [6, 6.07) is 0.292. The van der Waals surface area contributed by atoms with Crippen molar-refractivity contribution in [2.24, 2.45) is 17.8 Å². The molecule has 2 rings (SSSR count). The van der Waals surface area contributed by atoms with Crippen molar-refractivity contribution in [1.29, 1.82) is 0 Å². The van der Waals surface area contributed by atoms with Crippen molar-refractivity contribution >= 4 is 5.91 Å². The Balaban J connectivity index is 1.65. The lowest BCUT2D eigenvalue weighted by Crippen LogP contribution is -2.39. The van der Waals surface area contributed by atoms with Gasteiger partial charge in [0.1, 0.15) is 6.33 Å². The van der Waals surface area contributed by atoms with E-state index in [0.717, 1.165) is 44.6 Å². The Morgan fingerprint density at radius 2 is 1.96 bits per heavy atom. The van der Waals surface area contributed by atoms with E-state index in [0.29, 0.717) is 12.0 Å². The second-order valence-electron chi connectivity index (χ2n) is 7.48. The third kappa shape index (κ3) is 6.28. The topological polar surface area (TPSA) is 72.7 Å². The number of tetrazole rings is 1. The van der Waals surface area contributed by atoms with Crippen LogP contribution in [-0.4, -0.2) is 32.2 Å². The smallest absolute Gasteiger partial charge is 0.223 e. The van der Waals surface area contributed by atoms with E-state index < -0.39 is 0 Å². The van der Waals surface area contributed by atoms with E-state index in [-0.39, 0.29) is 11.8 Å². The van der Waals surface area contributed by atoms with Gasteiger partial charge in [0.2, 0.25) is 5.91 Å². The number of amides is 1. The van der Waals surface area contributed by atoms with Crippen molar-refractivity contribution in [1.82, 2.24) is 25.5 Å². The fourth-order valence-electron chi connectivity index (χ4n) is 3.40. The maximum atomic E-state index is 12.4. The van der Waals surface area contributed by atoms with E-state index in [1.807, 2.05) is 0 Å². The van der Waals surface area contributed by atoms with Gasteiger partial charge in [-0.2, -0.15) is 0 Å². The molecule has 6 heteroatoms. The van der Waals surface area contributed by atoms with E-state index in [4.69, 9.17) is 0 Å². The molecule has 0 spiro atoms. The molecule has 1 aromatic heterocycles. The Hall–Kier alpha value is -1.46. The highest BCUT2D eigenvalue weighted by Crippen LogP contribution is 2.30. The number of hydrogen-bond acceptors (Lipinski definition) is 4. The maximum absolute atomic E-state index is 12.4. The van der Waals surface area contributed by atoms with Gasteiger partial charge in [0.05, 0.1) is 0 Å². The molecule has 1 heterocycles. The Morgan fingerprint density at radius 3 is 2.57 bits per heavy atom. The SMILES string of the molecule is CC(C)CCCC(C)NC(=O)C1CCC(Cn2cnnn2)CC1. The first-order valence-electron chi connectivity index (χ1n) is 9.05. The Morgan fingerprint density at radius 1 is 1.22 bits per heavy atom. The number of nitrogens with zero attached hydrogens (tertiary/aromatic N) is 4. The van der Waals surface area contributed by atoms with Crippen LogP contribution in [0, 0.1) is 17.8 Å². The largest absolute Gasteiger partial charge is 0.353 e. The molecule has 6 nitrogen and oxygen atoms in total. The molecule has 1 aliphatic carbocycles. The molecule has 0 radical (unpaired) electrons. The van der Waals surface area contributed by atoms with Gasteiger partial charge in [-0.15, -0.1) is 5.10 Å². The number of hydrogen-bond donors (Lipinski definition) is 1. The van der Waals surface area contributed by atoms with Crippen LogP contribution < -0.4 is 5.32 Å². The van der Waals surface area contributed by atoms with Gasteiger partial charge < -0.3 is 5.32 Å². The zero-order valence-corrected chi connectivity index (χ0v) is 14.7. The van der Waals surface area contributed by atoms with Crippen LogP contribution in [0.25, 0.3) is 0 Å². The molecule has 0 bridgehead atoms. The quantitative estimate of drug-likeness (QED) is 0.799. The van der Waals surface area contributed by atoms with Crippen molar-refractivity contribution in [2.75, 3.05) is 0 Å². The van der Waals surface area contributed by atoms with Crippen LogP contribution in [-0.2, 0) is 11.3 Å². The van der Waals surface area contributed by atoms with Crippen molar-refractivity contribution < 1.29 is 4.79 Å². The van der Waals surface area contributed by atoms with Crippen LogP contribution >= 0.6 is 0 Å². The van der Waals surface area contributed by atoms with Gasteiger partial charge in [0, 0.05) is 18.5 Å². The summed E-state index contributed by atoms with van der Waals surface area (Å²) in [5.74, 6) is 1.77. The summed E-state index contributed by atoms with van der Waals surface area (Å²) in [5.41, 5.74) is 0. The second kappa shape index (κ2) is 8.99. The van der Waals surface area contributed by atoms with Gasteiger partial charge in [0.15, 0.2) is 0 Å². The van der Waals surface area contributed by atoms with Crippen LogP contribution in [0.4, 0.5) is 0 Å². The molecule has 1 fully saturated rings. The first kappa shape index (κ1) is 17.9. The molecule has 1 aromatic rings. The first-order valence-corrected chi connectivity index (χ1v) is 9.05. The maximum Gasteiger partial charge on any atom is 0.223 e. The molecular weight excluding hydrogens is 290 g/mol. The summed E-state index contributed by atoms with van der Waals surface area (Å²) >= 11 is 0. The zero-order chi connectivity index (χ0) is 16.7. The van der Waals surface area contributed by atoms with Crippen LogP contribution in [0.5, 0.6) is 0 Å². The van der Waals surface area contributed by atoms with Crippen LogP contribution in [0.2, 0.25) is 0 Å². The van der Waals surface area contributed by atoms with Gasteiger partial charge >= 0.3 is 0 Å². The van der Waals surface area contributed by atoms with Crippen LogP contribution in [0.1, 0.15) is 65.7 Å². The monoisotopic (exact) mass is 321 g/mol. The fraction of sp³-hybridized carbons (Fsp3) is 0.882. The van der Waals surface area contributed by atoms with Crippen LogP contribution in [0.15, 0.2) is 6.33 Å². The lowest BCUT2D eigenvalue weighted by atomic mass is 9.81. The van der Waals surface area contributed by atoms with E-state index in [1.165, 1.54) is 12.8 Å². The molecular formula is C17H31N5O. The number of rotatable bonds is 8. The summed E-state index contributed by atoms with van der Waals surface area (Å²) in [6.45, 7) is 7.49. The predicted octanol–water partition coefficient (Wildman–Crippen LogP) is 2.81.